The maximum absolute atomic E-state index is 12.9. The number of amides is 3. The van der Waals surface area contributed by atoms with Gasteiger partial charge in [-0.3, -0.25) is 14.4 Å². The molecule has 0 saturated carbocycles. The van der Waals surface area contributed by atoms with Crippen molar-refractivity contribution in [2.45, 2.75) is 25.7 Å². The number of carbonyl (C=O) groups is 3. The summed E-state index contributed by atoms with van der Waals surface area (Å²) in [5.74, 6) is -1.32. The van der Waals surface area contributed by atoms with Gasteiger partial charge < -0.3 is 10.2 Å². The first-order valence-corrected chi connectivity index (χ1v) is 11.4. The lowest BCUT2D eigenvalue weighted by Crippen LogP contribution is -2.32. The highest BCUT2D eigenvalue weighted by atomic mass is 35.5. The zero-order valence-corrected chi connectivity index (χ0v) is 19.3. The summed E-state index contributed by atoms with van der Waals surface area (Å²) in [5.41, 5.74) is 1.23. The lowest BCUT2D eigenvalue weighted by molar-refractivity contribution is -0.120. The van der Waals surface area contributed by atoms with Gasteiger partial charge in [0.25, 0.3) is 17.7 Å². The number of benzene rings is 2. The van der Waals surface area contributed by atoms with Crippen LogP contribution in [0.2, 0.25) is 10.0 Å². The van der Waals surface area contributed by atoms with Crippen molar-refractivity contribution in [3.8, 4) is 0 Å². The van der Waals surface area contributed by atoms with Crippen LogP contribution in [0.3, 0.4) is 0 Å². The lowest BCUT2D eigenvalue weighted by atomic mass is 10.1. The minimum atomic E-state index is -0.684. The van der Waals surface area contributed by atoms with Gasteiger partial charge >= 0.3 is 0 Å². The van der Waals surface area contributed by atoms with Crippen molar-refractivity contribution in [3.63, 3.8) is 0 Å². The van der Waals surface area contributed by atoms with Gasteiger partial charge in [0.2, 0.25) is 0 Å². The first-order valence-electron chi connectivity index (χ1n) is 10.3. The molecule has 166 valence electrons. The van der Waals surface area contributed by atoms with E-state index in [0.29, 0.717) is 16.3 Å². The van der Waals surface area contributed by atoms with Crippen molar-refractivity contribution in [2.24, 2.45) is 0 Å². The molecule has 2 aromatic rings. The fourth-order valence-electron chi connectivity index (χ4n) is 3.79. The molecule has 0 unspecified atom stereocenters. The first-order chi connectivity index (χ1) is 15.4. The standard InChI is InChI=1S/C23H20Cl3N3O3/c24-15-7-10-18(17(25)13-15)29-22(31)19(26)20(23(29)32)27-16-8-5-14(6-9-16)21(30)28-11-3-1-2-4-12-28/h5-10,13,27H,1-4,11-12H2. The molecule has 2 heterocycles. The number of hydrogen-bond acceptors (Lipinski definition) is 4. The van der Waals surface area contributed by atoms with Crippen molar-refractivity contribution in [1.29, 1.82) is 0 Å². The number of nitrogens with one attached hydrogen (secondary N) is 1. The Morgan fingerprint density at radius 3 is 2.12 bits per heavy atom. The van der Waals surface area contributed by atoms with E-state index in [1.165, 1.54) is 18.2 Å². The van der Waals surface area contributed by atoms with E-state index in [-0.39, 0.29) is 27.3 Å². The predicted octanol–water partition coefficient (Wildman–Crippen LogP) is 5.45. The van der Waals surface area contributed by atoms with E-state index in [2.05, 4.69) is 5.32 Å². The van der Waals surface area contributed by atoms with Crippen molar-refractivity contribution in [3.05, 3.63) is 68.8 Å². The fraction of sp³-hybridized carbons (Fsp3) is 0.261. The number of likely N-dealkylation sites (tertiary alicyclic amines) is 1. The number of imide groups is 1. The van der Waals surface area contributed by atoms with Gasteiger partial charge in [0.15, 0.2) is 0 Å². The molecule has 0 atom stereocenters. The molecule has 0 spiro atoms. The Kier molecular flexibility index (Phi) is 6.74. The molecule has 0 radical (unpaired) electrons. The third-order valence-corrected chi connectivity index (χ3v) is 6.36. The van der Waals surface area contributed by atoms with E-state index in [4.69, 9.17) is 34.8 Å². The molecule has 1 saturated heterocycles. The summed E-state index contributed by atoms with van der Waals surface area (Å²) in [5, 5.41) is 3.19. The SMILES string of the molecule is O=C(c1ccc(NC2=C(Cl)C(=O)N(c3ccc(Cl)cc3Cl)C2=O)cc1)N1CCCCCC1. The van der Waals surface area contributed by atoms with Gasteiger partial charge in [-0.25, -0.2) is 4.90 Å². The van der Waals surface area contributed by atoms with Crippen LogP contribution in [0.1, 0.15) is 36.0 Å². The second-order valence-electron chi connectivity index (χ2n) is 7.64. The van der Waals surface area contributed by atoms with Gasteiger partial charge in [-0.15, -0.1) is 0 Å². The monoisotopic (exact) mass is 491 g/mol. The van der Waals surface area contributed by atoms with E-state index in [1.54, 1.807) is 24.3 Å². The van der Waals surface area contributed by atoms with Crippen LogP contribution in [0.25, 0.3) is 0 Å². The molecular formula is C23H20Cl3N3O3. The summed E-state index contributed by atoms with van der Waals surface area (Å²) in [6.07, 6.45) is 4.33. The van der Waals surface area contributed by atoms with Crippen LogP contribution in [0.4, 0.5) is 11.4 Å². The van der Waals surface area contributed by atoms with Crippen molar-refractivity contribution in [2.75, 3.05) is 23.3 Å². The molecule has 1 N–H and O–H groups in total. The normalized spacial score (nSPS) is 17.1. The summed E-state index contributed by atoms with van der Waals surface area (Å²) >= 11 is 18.2. The maximum atomic E-state index is 12.9. The molecular weight excluding hydrogens is 473 g/mol. The van der Waals surface area contributed by atoms with Crippen LogP contribution in [0.15, 0.2) is 53.2 Å². The van der Waals surface area contributed by atoms with Gasteiger partial charge in [-0.05, 0) is 55.3 Å². The van der Waals surface area contributed by atoms with Crippen LogP contribution < -0.4 is 10.2 Å². The van der Waals surface area contributed by atoms with Crippen LogP contribution in [0, 0.1) is 0 Å². The lowest BCUT2D eigenvalue weighted by Gasteiger charge is -2.20. The molecule has 1 fully saturated rings. The number of anilines is 2. The summed E-state index contributed by atoms with van der Waals surface area (Å²) in [6, 6.07) is 11.2. The molecule has 0 aliphatic carbocycles. The molecule has 32 heavy (non-hydrogen) atoms. The van der Waals surface area contributed by atoms with Crippen LogP contribution >= 0.6 is 34.8 Å². The fourth-order valence-corrected chi connectivity index (χ4v) is 4.50. The second kappa shape index (κ2) is 9.53. The Balaban J connectivity index is 1.50. The number of halogens is 3. The Hall–Kier alpha value is -2.54. The highest BCUT2D eigenvalue weighted by molar-refractivity contribution is 6.53. The van der Waals surface area contributed by atoms with E-state index < -0.39 is 11.8 Å². The number of carbonyl (C=O) groups excluding carboxylic acids is 3. The van der Waals surface area contributed by atoms with Gasteiger partial charge in [0.1, 0.15) is 10.7 Å². The zero-order chi connectivity index (χ0) is 22.8. The topological polar surface area (TPSA) is 69.7 Å². The van der Waals surface area contributed by atoms with Gasteiger partial charge in [0, 0.05) is 29.4 Å². The molecule has 2 aromatic carbocycles. The summed E-state index contributed by atoms with van der Waals surface area (Å²) in [7, 11) is 0. The minimum Gasteiger partial charge on any atom is -0.350 e. The highest BCUT2D eigenvalue weighted by Crippen LogP contribution is 2.35. The van der Waals surface area contributed by atoms with Crippen molar-refractivity contribution >= 4 is 63.9 Å². The molecule has 2 aliphatic rings. The molecule has 0 aromatic heterocycles. The van der Waals surface area contributed by atoms with Crippen LogP contribution in [-0.2, 0) is 9.59 Å². The molecule has 2 aliphatic heterocycles. The van der Waals surface area contributed by atoms with Gasteiger partial charge in [0.05, 0.1) is 10.7 Å². The zero-order valence-electron chi connectivity index (χ0n) is 17.0. The van der Waals surface area contributed by atoms with E-state index in [9.17, 15) is 14.4 Å². The summed E-state index contributed by atoms with van der Waals surface area (Å²) < 4.78 is 0. The Morgan fingerprint density at radius 1 is 0.844 bits per heavy atom. The molecule has 4 rings (SSSR count). The van der Waals surface area contributed by atoms with E-state index in [1.807, 2.05) is 4.90 Å². The molecule has 3 amide bonds. The predicted molar refractivity (Wildman–Crippen MR) is 126 cm³/mol. The average Bonchev–Trinajstić information content (AvgIpc) is 2.99. The summed E-state index contributed by atoms with van der Waals surface area (Å²) in [4.78, 5) is 41.1. The summed E-state index contributed by atoms with van der Waals surface area (Å²) in [6.45, 7) is 1.53. The quantitative estimate of drug-likeness (QED) is 0.577. The number of nitrogens with zero attached hydrogens (tertiary/aromatic N) is 2. The Labute approximate surface area is 200 Å². The molecule has 9 heteroatoms. The highest BCUT2D eigenvalue weighted by Gasteiger charge is 2.39. The number of hydrogen-bond donors (Lipinski definition) is 1. The second-order valence-corrected chi connectivity index (χ2v) is 8.86. The van der Waals surface area contributed by atoms with E-state index >= 15 is 0 Å². The third-order valence-electron chi connectivity index (χ3n) is 5.47. The Morgan fingerprint density at radius 2 is 1.50 bits per heavy atom. The van der Waals surface area contributed by atoms with Gasteiger partial charge in [-0.2, -0.15) is 0 Å². The van der Waals surface area contributed by atoms with Crippen LogP contribution in [0.5, 0.6) is 0 Å². The number of rotatable bonds is 4. The smallest absolute Gasteiger partial charge is 0.283 e. The van der Waals surface area contributed by atoms with Crippen molar-refractivity contribution in [1.82, 2.24) is 4.90 Å². The van der Waals surface area contributed by atoms with E-state index in [0.717, 1.165) is 43.7 Å². The maximum Gasteiger partial charge on any atom is 0.283 e. The Bertz CT molecular complexity index is 1110. The first kappa shape index (κ1) is 22.6. The minimum absolute atomic E-state index is 0.00799. The van der Waals surface area contributed by atoms with Gasteiger partial charge in [-0.1, -0.05) is 47.6 Å². The largest absolute Gasteiger partial charge is 0.350 e. The van der Waals surface area contributed by atoms with Crippen LogP contribution in [-0.4, -0.2) is 35.7 Å². The van der Waals surface area contributed by atoms with Crippen molar-refractivity contribution < 1.29 is 14.4 Å². The molecule has 6 nitrogen and oxygen atoms in total. The molecule has 0 bridgehead atoms. The third kappa shape index (κ3) is 4.49. The average molecular weight is 493 g/mol.